The number of aliphatic hydroxyl groups excluding tert-OH is 1. The van der Waals surface area contributed by atoms with Gasteiger partial charge in [0, 0.05) is 0 Å². The number of aliphatic hydroxyl groups is 1. The third-order valence-corrected chi connectivity index (χ3v) is 5.91. The van der Waals surface area contributed by atoms with E-state index in [0.717, 1.165) is 12.8 Å². The number of rotatable bonds is 15. The summed E-state index contributed by atoms with van der Waals surface area (Å²) in [6.07, 6.45) is 14.6. The minimum absolute atomic E-state index is 0.289. The molecule has 0 saturated carbocycles. The Bertz CT molecular complexity index is 382. The number of phosphoric ester groups is 1. The van der Waals surface area contributed by atoms with Crippen molar-refractivity contribution >= 4 is 7.82 Å². The van der Waals surface area contributed by atoms with E-state index < -0.39 is 26.1 Å². The topological polar surface area (TPSA) is 102 Å². The van der Waals surface area contributed by atoms with Crippen LogP contribution in [0.2, 0.25) is 0 Å². The smallest absolute Gasteiger partial charge is 0.395 e. The molecule has 0 aromatic carbocycles. The predicted octanol–water partition coefficient (Wildman–Crippen LogP) is 4.28. The lowest BCUT2D eigenvalue weighted by Gasteiger charge is -2.20. The molecular formula is C18H38NO5P. The van der Waals surface area contributed by atoms with Crippen LogP contribution in [-0.2, 0) is 13.6 Å². The molecule has 0 aliphatic carbocycles. The highest BCUT2D eigenvalue weighted by molar-refractivity contribution is 7.47. The summed E-state index contributed by atoms with van der Waals surface area (Å²) in [7, 11) is -4.00. The first-order valence-electron chi connectivity index (χ1n) is 10.1. The van der Waals surface area contributed by atoms with Gasteiger partial charge in [0.05, 0.1) is 18.8 Å². The van der Waals surface area contributed by atoms with Crippen molar-refractivity contribution < 1.29 is 23.6 Å². The number of hydrogen-bond acceptors (Lipinski definition) is 5. The van der Waals surface area contributed by atoms with Gasteiger partial charge in [0.2, 0.25) is 0 Å². The maximum atomic E-state index is 11.5. The molecule has 1 fully saturated rings. The van der Waals surface area contributed by atoms with E-state index in [1.54, 1.807) is 0 Å². The first-order valence-corrected chi connectivity index (χ1v) is 11.6. The molecule has 6 nitrogen and oxygen atoms in total. The van der Waals surface area contributed by atoms with E-state index in [4.69, 9.17) is 19.9 Å². The zero-order valence-electron chi connectivity index (χ0n) is 15.8. The van der Waals surface area contributed by atoms with Crippen molar-refractivity contribution in [2.45, 2.75) is 109 Å². The summed E-state index contributed by atoms with van der Waals surface area (Å²) in [6, 6.07) is -0.690. The third kappa shape index (κ3) is 10.1. The Labute approximate surface area is 153 Å². The highest BCUT2D eigenvalue weighted by atomic mass is 31.2. The molecule has 1 unspecified atom stereocenters. The molecule has 4 N–H and O–H groups in total. The Morgan fingerprint density at radius 3 is 1.88 bits per heavy atom. The second-order valence-electron chi connectivity index (χ2n) is 7.21. The maximum Gasteiger partial charge on any atom is 0.472 e. The van der Waals surface area contributed by atoms with Gasteiger partial charge in [-0.1, -0.05) is 84.0 Å². The van der Waals surface area contributed by atoms with Crippen molar-refractivity contribution in [1.29, 1.82) is 0 Å². The van der Waals surface area contributed by atoms with Crippen molar-refractivity contribution in [1.82, 2.24) is 0 Å². The quantitative estimate of drug-likeness (QED) is 0.290. The molecule has 1 aliphatic heterocycles. The molecule has 0 aromatic heterocycles. The van der Waals surface area contributed by atoms with E-state index in [2.05, 4.69) is 6.92 Å². The van der Waals surface area contributed by atoms with Gasteiger partial charge in [-0.3, -0.25) is 9.05 Å². The van der Waals surface area contributed by atoms with Gasteiger partial charge >= 0.3 is 7.82 Å². The fraction of sp³-hybridized carbons (Fsp3) is 1.00. The first kappa shape index (κ1) is 23.1. The van der Waals surface area contributed by atoms with Gasteiger partial charge in [-0.05, 0) is 6.42 Å². The molecule has 0 aromatic rings. The highest BCUT2D eigenvalue weighted by Crippen LogP contribution is 2.54. The fourth-order valence-electron chi connectivity index (χ4n) is 3.34. The predicted molar refractivity (Wildman–Crippen MR) is 100 cm³/mol. The molecule has 1 rings (SSSR count). The van der Waals surface area contributed by atoms with Gasteiger partial charge in [0.15, 0.2) is 0 Å². The summed E-state index contributed by atoms with van der Waals surface area (Å²) in [6.45, 7) is 1.96. The van der Waals surface area contributed by atoms with E-state index in [-0.39, 0.29) is 6.61 Å². The van der Waals surface area contributed by atoms with Crippen LogP contribution in [0.1, 0.15) is 90.4 Å². The Balaban J connectivity index is 2.01. The van der Waals surface area contributed by atoms with Crippen LogP contribution in [0.3, 0.4) is 0 Å². The van der Waals surface area contributed by atoms with Crippen molar-refractivity contribution in [3.05, 3.63) is 0 Å². The van der Waals surface area contributed by atoms with Crippen molar-refractivity contribution in [3.63, 3.8) is 0 Å². The van der Waals surface area contributed by atoms with Crippen molar-refractivity contribution in [2.75, 3.05) is 6.61 Å². The summed E-state index contributed by atoms with van der Waals surface area (Å²) in [5.41, 5.74) is 5.74. The minimum atomic E-state index is -4.00. The van der Waals surface area contributed by atoms with E-state index >= 15 is 0 Å². The van der Waals surface area contributed by atoms with E-state index in [9.17, 15) is 9.46 Å². The molecule has 25 heavy (non-hydrogen) atoms. The molecule has 7 heteroatoms. The zero-order chi connectivity index (χ0) is 18.5. The summed E-state index contributed by atoms with van der Waals surface area (Å²) in [5.74, 6) is 0. The van der Waals surface area contributed by atoms with Crippen LogP contribution in [0.25, 0.3) is 0 Å². The number of unbranched alkanes of at least 4 members (excludes halogenated alkanes) is 11. The van der Waals surface area contributed by atoms with Crippen LogP contribution in [0.4, 0.5) is 0 Å². The summed E-state index contributed by atoms with van der Waals surface area (Å²) >= 11 is 0. The van der Waals surface area contributed by atoms with Crippen LogP contribution in [-0.4, -0.2) is 34.9 Å². The second-order valence-corrected chi connectivity index (χ2v) is 8.57. The van der Waals surface area contributed by atoms with Crippen LogP contribution in [0.15, 0.2) is 0 Å². The Morgan fingerprint density at radius 2 is 1.40 bits per heavy atom. The van der Waals surface area contributed by atoms with Crippen molar-refractivity contribution in [3.8, 4) is 0 Å². The molecule has 150 valence electrons. The molecule has 0 amide bonds. The molecular weight excluding hydrogens is 341 g/mol. The molecule has 1 heterocycles. The Kier molecular flexibility index (Phi) is 12.2. The van der Waals surface area contributed by atoms with Crippen molar-refractivity contribution in [2.24, 2.45) is 5.73 Å². The maximum absolute atomic E-state index is 11.5. The number of hydrogen-bond donors (Lipinski definition) is 3. The van der Waals surface area contributed by atoms with Crippen LogP contribution in [0.5, 0.6) is 0 Å². The zero-order valence-corrected chi connectivity index (χ0v) is 16.7. The highest BCUT2D eigenvalue weighted by Gasteiger charge is 2.45. The average molecular weight is 379 g/mol. The van der Waals surface area contributed by atoms with E-state index in [0.29, 0.717) is 6.42 Å². The molecule has 4 atom stereocenters. The standard InChI is InChI=1S/C18H38NO5P/c1-2-3-4-5-6-7-8-9-10-11-12-13-14-17-18(16(19)15-20)24-25(21,22)23-17/h16-18,20H,2-15,19H2,1H3,(H,21,22)/t16-,17+,18-/m0/s1. The fourth-order valence-corrected chi connectivity index (χ4v) is 4.56. The second kappa shape index (κ2) is 13.2. The van der Waals surface area contributed by atoms with Crippen LogP contribution < -0.4 is 5.73 Å². The average Bonchev–Trinajstić information content (AvgIpc) is 2.90. The number of nitrogens with two attached hydrogens (primary N) is 1. The van der Waals surface area contributed by atoms with E-state index in [1.807, 2.05) is 0 Å². The Morgan fingerprint density at radius 1 is 0.920 bits per heavy atom. The summed E-state index contributed by atoms with van der Waals surface area (Å²) in [5, 5.41) is 9.12. The lowest BCUT2D eigenvalue weighted by molar-refractivity contribution is 0.0941. The van der Waals surface area contributed by atoms with Crippen LogP contribution in [0, 0.1) is 0 Å². The summed E-state index contributed by atoms with van der Waals surface area (Å²) in [4.78, 5) is 9.44. The molecule has 1 aliphatic rings. The van der Waals surface area contributed by atoms with Gasteiger partial charge in [0.25, 0.3) is 0 Å². The Hall–Kier alpha value is 0.0300. The minimum Gasteiger partial charge on any atom is -0.395 e. The van der Waals surface area contributed by atoms with Gasteiger partial charge in [0.1, 0.15) is 6.10 Å². The van der Waals surface area contributed by atoms with Crippen LogP contribution >= 0.6 is 7.82 Å². The first-order chi connectivity index (χ1) is 12.0. The van der Waals surface area contributed by atoms with Gasteiger partial charge in [-0.15, -0.1) is 0 Å². The largest absolute Gasteiger partial charge is 0.472 e. The lowest BCUT2D eigenvalue weighted by Crippen LogP contribution is -2.43. The molecule has 0 spiro atoms. The monoisotopic (exact) mass is 379 g/mol. The number of phosphoric acid groups is 1. The molecule has 0 radical (unpaired) electrons. The van der Waals surface area contributed by atoms with Gasteiger partial charge in [-0.2, -0.15) is 0 Å². The molecule has 1 saturated heterocycles. The normalized spacial score (nSPS) is 27.7. The summed E-state index contributed by atoms with van der Waals surface area (Å²) < 4.78 is 21.6. The van der Waals surface area contributed by atoms with Gasteiger partial charge < -0.3 is 15.7 Å². The SMILES string of the molecule is CCCCCCCCCCCCCC[C@H]1OP(=O)(O)O[C@H]1[C@@H](N)CO. The third-order valence-electron chi connectivity index (χ3n) is 4.86. The molecule has 0 bridgehead atoms. The van der Waals surface area contributed by atoms with E-state index in [1.165, 1.54) is 64.2 Å². The van der Waals surface area contributed by atoms with Gasteiger partial charge in [-0.25, -0.2) is 4.57 Å². The lowest BCUT2D eigenvalue weighted by atomic mass is 10.00.